The highest BCUT2D eigenvalue weighted by Crippen LogP contribution is 2.22. The van der Waals surface area contributed by atoms with E-state index in [1.807, 2.05) is 43.7 Å². The summed E-state index contributed by atoms with van der Waals surface area (Å²) in [5.74, 6) is 1.32. The van der Waals surface area contributed by atoms with Crippen molar-refractivity contribution in [2.75, 3.05) is 36.5 Å². The normalized spacial score (nSPS) is 13.8. The minimum Gasteiger partial charge on any atom is -0.378 e. The van der Waals surface area contributed by atoms with E-state index in [9.17, 15) is 4.79 Å². The average molecular weight is 459 g/mol. The van der Waals surface area contributed by atoms with Gasteiger partial charge in [0.25, 0.3) is 0 Å². The Hall–Kier alpha value is -4.05. The molecule has 4 heterocycles. The fraction of sp³-hybridized carbons (Fsp3) is 0.292. The van der Waals surface area contributed by atoms with Crippen molar-refractivity contribution in [3.8, 4) is 17.1 Å². The zero-order chi connectivity index (χ0) is 23.5. The number of ether oxygens (including phenoxy) is 1. The highest BCUT2D eigenvalue weighted by molar-refractivity contribution is 5.90. The zero-order valence-corrected chi connectivity index (χ0v) is 19.2. The van der Waals surface area contributed by atoms with Crippen molar-refractivity contribution in [3.05, 3.63) is 66.1 Å². The third-order valence-corrected chi connectivity index (χ3v) is 5.55. The lowest BCUT2D eigenvalue weighted by Gasteiger charge is -2.28. The number of hydrogen-bond donors (Lipinski definition) is 1. The number of rotatable bonds is 6. The number of hydrogen-bond acceptors (Lipinski definition) is 7. The number of carbonyl (C=O) groups excluding carboxylic acids is 1. The van der Waals surface area contributed by atoms with Gasteiger partial charge in [0.2, 0.25) is 11.9 Å². The summed E-state index contributed by atoms with van der Waals surface area (Å²) in [5, 5.41) is 11.7. The zero-order valence-electron chi connectivity index (χ0n) is 19.2. The second-order valence-corrected chi connectivity index (χ2v) is 8.27. The largest absolute Gasteiger partial charge is 0.378 e. The van der Waals surface area contributed by atoms with Crippen molar-refractivity contribution in [1.29, 1.82) is 0 Å². The van der Waals surface area contributed by atoms with E-state index in [-0.39, 0.29) is 18.3 Å². The third kappa shape index (κ3) is 4.96. The molecular formula is C24H26N8O2. The number of morpholine rings is 1. The Balaban J connectivity index is 1.44. The van der Waals surface area contributed by atoms with Gasteiger partial charge in [-0.3, -0.25) is 14.8 Å². The molecule has 1 aliphatic heterocycles. The highest BCUT2D eigenvalue weighted by atomic mass is 16.5. The Morgan fingerprint density at radius 2 is 1.94 bits per heavy atom. The van der Waals surface area contributed by atoms with Gasteiger partial charge in [0.15, 0.2) is 5.82 Å². The van der Waals surface area contributed by atoms with Gasteiger partial charge in [-0.2, -0.15) is 20.2 Å². The van der Waals surface area contributed by atoms with Crippen LogP contribution in [0.15, 0.2) is 55.0 Å². The van der Waals surface area contributed by atoms with Crippen LogP contribution in [-0.2, 0) is 23.0 Å². The number of benzene rings is 1. The smallest absolute Gasteiger partial charge is 0.233 e. The van der Waals surface area contributed by atoms with Gasteiger partial charge in [0.05, 0.1) is 31.5 Å². The lowest BCUT2D eigenvalue weighted by molar-refractivity contribution is -0.115. The first-order valence-corrected chi connectivity index (χ1v) is 11.2. The first-order chi connectivity index (χ1) is 16.5. The van der Waals surface area contributed by atoms with Crippen LogP contribution >= 0.6 is 0 Å². The summed E-state index contributed by atoms with van der Waals surface area (Å²) >= 11 is 0. The van der Waals surface area contributed by atoms with Crippen LogP contribution in [0.2, 0.25) is 0 Å². The van der Waals surface area contributed by atoms with Gasteiger partial charge >= 0.3 is 0 Å². The fourth-order valence-electron chi connectivity index (χ4n) is 3.88. The minimum absolute atomic E-state index is 0.188. The van der Waals surface area contributed by atoms with Gasteiger partial charge in [-0.05, 0) is 24.6 Å². The molecule has 0 saturated carbocycles. The van der Waals surface area contributed by atoms with E-state index >= 15 is 0 Å². The van der Waals surface area contributed by atoms with E-state index in [1.54, 1.807) is 15.6 Å². The van der Waals surface area contributed by atoms with E-state index in [1.165, 1.54) is 5.56 Å². The number of anilines is 2. The molecule has 0 radical (unpaired) electrons. The summed E-state index contributed by atoms with van der Waals surface area (Å²) in [6.07, 6.45) is 5.54. The SMILES string of the molecule is Cc1cccc(-c2ccn(-c3cc(N4CCOCC4)nc(NC(=O)Cc4cnn(C)c4)n3)n2)c1. The lowest BCUT2D eigenvalue weighted by Crippen LogP contribution is -2.37. The van der Waals surface area contributed by atoms with Crippen molar-refractivity contribution in [1.82, 2.24) is 29.5 Å². The topological polar surface area (TPSA) is 103 Å². The average Bonchev–Trinajstić information content (AvgIpc) is 3.49. The molecule has 10 heteroatoms. The van der Waals surface area contributed by atoms with Crippen LogP contribution in [0.5, 0.6) is 0 Å². The molecule has 10 nitrogen and oxygen atoms in total. The monoisotopic (exact) mass is 458 g/mol. The molecule has 0 bridgehead atoms. The van der Waals surface area contributed by atoms with Crippen molar-refractivity contribution < 1.29 is 9.53 Å². The van der Waals surface area contributed by atoms with E-state index in [2.05, 4.69) is 44.3 Å². The molecule has 4 aromatic rings. The third-order valence-electron chi connectivity index (χ3n) is 5.55. The van der Waals surface area contributed by atoms with Crippen LogP contribution in [0.25, 0.3) is 17.1 Å². The summed E-state index contributed by atoms with van der Waals surface area (Å²) in [7, 11) is 1.82. The first-order valence-electron chi connectivity index (χ1n) is 11.2. The van der Waals surface area contributed by atoms with Crippen LogP contribution in [0.3, 0.4) is 0 Å². The molecule has 1 aliphatic rings. The molecule has 174 valence electrons. The predicted octanol–water partition coefficient (Wildman–Crippen LogP) is 2.39. The molecule has 3 aromatic heterocycles. The summed E-state index contributed by atoms with van der Waals surface area (Å²) in [5.41, 5.74) is 3.87. The fourth-order valence-corrected chi connectivity index (χ4v) is 3.88. The number of nitrogens with zero attached hydrogens (tertiary/aromatic N) is 7. The van der Waals surface area contributed by atoms with Gasteiger partial charge in [-0.1, -0.05) is 23.8 Å². The summed E-state index contributed by atoms with van der Waals surface area (Å²) in [4.78, 5) is 24.0. The number of aryl methyl sites for hydroxylation is 2. The molecule has 5 rings (SSSR count). The second kappa shape index (κ2) is 9.44. The molecule has 0 unspecified atom stereocenters. The number of carbonyl (C=O) groups is 1. The molecule has 0 aliphatic carbocycles. The van der Waals surface area contributed by atoms with Crippen molar-refractivity contribution in [2.45, 2.75) is 13.3 Å². The predicted molar refractivity (Wildman–Crippen MR) is 128 cm³/mol. The van der Waals surface area contributed by atoms with Crippen molar-refractivity contribution in [2.24, 2.45) is 7.05 Å². The molecule has 34 heavy (non-hydrogen) atoms. The number of amides is 1. The van der Waals surface area contributed by atoms with E-state index < -0.39 is 0 Å². The van der Waals surface area contributed by atoms with E-state index in [4.69, 9.17) is 9.84 Å². The number of nitrogens with one attached hydrogen (secondary N) is 1. The van der Waals surface area contributed by atoms with Crippen LogP contribution in [0.4, 0.5) is 11.8 Å². The highest BCUT2D eigenvalue weighted by Gasteiger charge is 2.18. The Morgan fingerprint density at radius 3 is 2.71 bits per heavy atom. The second-order valence-electron chi connectivity index (χ2n) is 8.27. The number of aromatic nitrogens is 6. The molecule has 1 amide bonds. The molecular weight excluding hydrogens is 432 g/mol. The van der Waals surface area contributed by atoms with Crippen LogP contribution in [-0.4, -0.2) is 61.7 Å². The van der Waals surface area contributed by atoms with Crippen LogP contribution < -0.4 is 10.2 Å². The Kier molecular flexibility index (Phi) is 6.05. The van der Waals surface area contributed by atoms with Crippen LogP contribution in [0, 0.1) is 6.92 Å². The Morgan fingerprint density at radius 1 is 1.12 bits per heavy atom. The molecule has 0 spiro atoms. The molecule has 1 N–H and O–H groups in total. The van der Waals surface area contributed by atoms with E-state index in [0.717, 1.165) is 22.6 Å². The maximum atomic E-state index is 12.7. The van der Waals surface area contributed by atoms with Gasteiger partial charge in [-0.25, -0.2) is 4.68 Å². The maximum Gasteiger partial charge on any atom is 0.233 e. The standard InChI is InChI=1S/C24H26N8O2/c1-17-4-3-5-19(12-17)20-6-7-32(29-20)22-14-21(31-8-10-34-11-9-31)26-24(27-22)28-23(33)13-18-15-25-30(2)16-18/h3-7,12,14-16H,8-11,13H2,1-2H3,(H,26,27,28,33). The van der Waals surface area contributed by atoms with Crippen molar-refractivity contribution in [3.63, 3.8) is 0 Å². The van der Waals surface area contributed by atoms with E-state index in [0.29, 0.717) is 32.1 Å². The maximum absolute atomic E-state index is 12.7. The Labute approximate surface area is 197 Å². The molecule has 1 fully saturated rings. The quantitative estimate of drug-likeness (QED) is 0.473. The molecule has 0 atom stereocenters. The van der Waals surface area contributed by atoms with Gasteiger partial charge in [-0.15, -0.1) is 0 Å². The van der Waals surface area contributed by atoms with Gasteiger partial charge < -0.3 is 9.64 Å². The van der Waals surface area contributed by atoms with Crippen LogP contribution in [0.1, 0.15) is 11.1 Å². The van der Waals surface area contributed by atoms with Gasteiger partial charge in [0.1, 0.15) is 5.82 Å². The summed E-state index contributed by atoms with van der Waals surface area (Å²) in [6.45, 7) is 4.74. The van der Waals surface area contributed by atoms with Crippen molar-refractivity contribution >= 4 is 17.7 Å². The summed E-state index contributed by atoms with van der Waals surface area (Å²) in [6, 6.07) is 12.0. The summed E-state index contributed by atoms with van der Waals surface area (Å²) < 4.78 is 8.86. The lowest BCUT2D eigenvalue weighted by atomic mass is 10.1. The van der Waals surface area contributed by atoms with Gasteiger partial charge in [0, 0.05) is 44.2 Å². The first kappa shape index (κ1) is 21.8. The minimum atomic E-state index is -0.209. The molecule has 1 aromatic carbocycles. The molecule has 1 saturated heterocycles. The Bertz CT molecular complexity index is 1310.